The molecule has 0 unspecified atom stereocenters. The van der Waals surface area contributed by atoms with E-state index in [-0.39, 0.29) is 4.61 Å². The molecule has 0 saturated carbocycles. The summed E-state index contributed by atoms with van der Waals surface area (Å²) in [5.74, 6) is 0. The van der Waals surface area contributed by atoms with Gasteiger partial charge < -0.3 is 0 Å². The predicted molar refractivity (Wildman–Crippen MR) is 50.3 cm³/mol. The van der Waals surface area contributed by atoms with Gasteiger partial charge in [0.1, 0.15) is 0 Å². The van der Waals surface area contributed by atoms with Crippen molar-refractivity contribution in [1.29, 1.82) is 0 Å². The van der Waals surface area contributed by atoms with Crippen LogP contribution in [-0.2, 0) is 0 Å². The molecule has 1 aromatic rings. The van der Waals surface area contributed by atoms with Gasteiger partial charge in [0.25, 0.3) is 0 Å². The molecule has 62 valence electrons. The standard InChI is InChI=1S/C8H6BrNO2/c9-8(10(11)12)6-7-4-2-1-3-5-7/h1-6H/b8-6+. The summed E-state index contributed by atoms with van der Waals surface area (Å²) in [4.78, 5) is 9.71. The molecule has 0 aliphatic carbocycles. The Morgan fingerprint density at radius 3 is 2.50 bits per heavy atom. The van der Waals surface area contributed by atoms with Gasteiger partial charge in [-0.1, -0.05) is 30.3 Å². The molecule has 0 saturated heterocycles. The van der Waals surface area contributed by atoms with Crippen molar-refractivity contribution >= 4 is 22.0 Å². The summed E-state index contributed by atoms with van der Waals surface area (Å²) in [6, 6.07) is 9.10. The normalized spacial score (nSPS) is 11.2. The molecule has 12 heavy (non-hydrogen) atoms. The van der Waals surface area contributed by atoms with E-state index in [0.29, 0.717) is 0 Å². The Hall–Kier alpha value is -1.16. The van der Waals surface area contributed by atoms with Crippen LogP contribution in [0.4, 0.5) is 0 Å². The van der Waals surface area contributed by atoms with Crippen LogP contribution >= 0.6 is 15.9 Å². The molecule has 0 heterocycles. The minimum absolute atomic E-state index is 0.0336. The third kappa shape index (κ3) is 2.47. The molecule has 0 bridgehead atoms. The van der Waals surface area contributed by atoms with Crippen molar-refractivity contribution < 1.29 is 4.92 Å². The summed E-state index contributed by atoms with van der Waals surface area (Å²) >= 11 is 2.84. The number of hydrogen-bond donors (Lipinski definition) is 0. The Morgan fingerprint density at radius 2 is 2.00 bits per heavy atom. The maximum Gasteiger partial charge on any atom is 0.311 e. The van der Waals surface area contributed by atoms with Crippen molar-refractivity contribution in [3.8, 4) is 0 Å². The zero-order chi connectivity index (χ0) is 8.97. The van der Waals surface area contributed by atoms with Crippen LogP contribution in [-0.4, -0.2) is 4.92 Å². The molecule has 0 aromatic heterocycles. The van der Waals surface area contributed by atoms with Crippen LogP contribution in [0.1, 0.15) is 5.56 Å². The minimum Gasteiger partial charge on any atom is -0.258 e. The van der Waals surface area contributed by atoms with Gasteiger partial charge in [0, 0.05) is 22.0 Å². The summed E-state index contributed by atoms with van der Waals surface area (Å²) < 4.78 is -0.0336. The first-order valence-electron chi connectivity index (χ1n) is 3.27. The first-order valence-corrected chi connectivity index (χ1v) is 4.06. The fourth-order valence-corrected chi connectivity index (χ4v) is 1.00. The molecular weight excluding hydrogens is 222 g/mol. The molecule has 0 spiro atoms. The van der Waals surface area contributed by atoms with E-state index in [1.165, 1.54) is 6.08 Å². The topological polar surface area (TPSA) is 43.1 Å². The van der Waals surface area contributed by atoms with Crippen LogP contribution in [0.3, 0.4) is 0 Å². The van der Waals surface area contributed by atoms with Gasteiger partial charge in [-0.3, -0.25) is 10.1 Å². The Morgan fingerprint density at radius 1 is 1.42 bits per heavy atom. The summed E-state index contributed by atoms with van der Waals surface area (Å²) in [7, 11) is 0. The number of halogens is 1. The van der Waals surface area contributed by atoms with Crippen LogP contribution in [0.2, 0.25) is 0 Å². The lowest BCUT2D eigenvalue weighted by Crippen LogP contribution is -1.89. The lowest BCUT2D eigenvalue weighted by atomic mass is 10.2. The van der Waals surface area contributed by atoms with Gasteiger partial charge in [-0.25, -0.2) is 0 Å². The molecule has 0 N–H and O–H groups in total. The van der Waals surface area contributed by atoms with E-state index in [2.05, 4.69) is 15.9 Å². The summed E-state index contributed by atoms with van der Waals surface area (Å²) in [5, 5.41) is 10.2. The maximum atomic E-state index is 10.2. The van der Waals surface area contributed by atoms with Crippen molar-refractivity contribution in [2.24, 2.45) is 0 Å². The molecule has 0 atom stereocenters. The molecule has 4 heteroatoms. The fraction of sp³-hybridized carbons (Fsp3) is 0. The fourth-order valence-electron chi connectivity index (χ4n) is 0.739. The van der Waals surface area contributed by atoms with Gasteiger partial charge in [-0.15, -0.1) is 0 Å². The first kappa shape index (κ1) is 8.93. The monoisotopic (exact) mass is 227 g/mol. The molecule has 0 radical (unpaired) electrons. The van der Waals surface area contributed by atoms with Crippen LogP contribution in [0.15, 0.2) is 34.9 Å². The Labute approximate surface area is 78.0 Å². The van der Waals surface area contributed by atoms with E-state index >= 15 is 0 Å². The quantitative estimate of drug-likeness (QED) is 0.443. The SMILES string of the molecule is O=[N+]([O-])/C(Br)=C/c1ccccc1. The van der Waals surface area contributed by atoms with Crippen LogP contribution in [0.5, 0.6) is 0 Å². The summed E-state index contributed by atoms with van der Waals surface area (Å²) in [5.41, 5.74) is 0.807. The number of rotatable bonds is 2. The highest BCUT2D eigenvalue weighted by molar-refractivity contribution is 9.11. The predicted octanol–water partition coefficient (Wildman–Crippen LogP) is 2.66. The molecule has 0 aliphatic rings. The third-order valence-corrected chi connectivity index (χ3v) is 1.78. The van der Waals surface area contributed by atoms with Crippen LogP contribution < -0.4 is 0 Å². The van der Waals surface area contributed by atoms with Crippen molar-refractivity contribution in [2.75, 3.05) is 0 Å². The molecule has 1 aromatic carbocycles. The van der Waals surface area contributed by atoms with E-state index in [9.17, 15) is 10.1 Å². The number of nitro groups is 1. The van der Waals surface area contributed by atoms with E-state index in [1.807, 2.05) is 18.2 Å². The molecule has 0 aliphatic heterocycles. The molecule has 0 fully saturated rings. The average Bonchev–Trinajstić information content (AvgIpc) is 2.06. The lowest BCUT2D eigenvalue weighted by molar-refractivity contribution is -0.407. The van der Waals surface area contributed by atoms with Crippen LogP contribution in [0, 0.1) is 10.1 Å². The van der Waals surface area contributed by atoms with Crippen molar-refractivity contribution in [2.45, 2.75) is 0 Å². The van der Waals surface area contributed by atoms with Gasteiger partial charge >= 0.3 is 4.61 Å². The zero-order valence-electron chi connectivity index (χ0n) is 6.11. The highest BCUT2D eigenvalue weighted by Gasteiger charge is 2.02. The number of benzene rings is 1. The van der Waals surface area contributed by atoms with Gasteiger partial charge in [0.05, 0.1) is 4.92 Å². The average molecular weight is 228 g/mol. The smallest absolute Gasteiger partial charge is 0.258 e. The van der Waals surface area contributed by atoms with Gasteiger partial charge in [0.15, 0.2) is 0 Å². The van der Waals surface area contributed by atoms with E-state index in [0.717, 1.165) is 5.56 Å². The van der Waals surface area contributed by atoms with Crippen molar-refractivity contribution in [3.05, 3.63) is 50.6 Å². The van der Waals surface area contributed by atoms with Gasteiger partial charge in [0.2, 0.25) is 0 Å². The number of nitrogens with zero attached hydrogens (tertiary/aromatic N) is 1. The highest BCUT2D eigenvalue weighted by atomic mass is 79.9. The van der Waals surface area contributed by atoms with Crippen LogP contribution in [0.25, 0.3) is 6.08 Å². The minimum atomic E-state index is -0.479. The largest absolute Gasteiger partial charge is 0.311 e. The maximum absolute atomic E-state index is 10.2. The Kier molecular flexibility index (Phi) is 2.99. The van der Waals surface area contributed by atoms with E-state index in [4.69, 9.17) is 0 Å². The van der Waals surface area contributed by atoms with E-state index in [1.54, 1.807) is 12.1 Å². The Bertz CT molecular complexity index is 308. The van der Waals surface area contributed by atoms with Gasteiger partial charge in [-0.2, -0.15) is 0 Å². The second-order valence-corrected chi connectivity index (χ2v) is 2.95. The van der Waals surface area contributed by atoms with Crippen molar-refractivity contribution in [3.63, 3.8) is 0 Å². The lowest BCUT2D eigenvalue weighted by Gasteiger charge is -1.89. The number of hydrogen-bond acceptors (Lipinski definition) is 2. The molecule has 1 rings (SSSR count). The first-order chi connectivity index (χ1) is 5.70. The third-order valence-electron chi connectivity index (χ3n) is 1.26. The van der Waals surface area contributed by atoms with Gasteiger partial charge in [-0.05, 0) is 5.56 Å². The second-order valence-electron chi connectivity index (χ2n) is 2.13. The molecular formula is C8H6BrNO2. The van der Waals surface area contributed by atoms with E-state index < -0.39 is 4.92 Å². The zero-order valence-corrected chi connectivity index (χ0v) is 7.69. The Balaban J connectivity index is 2.89. The molecule has 0 amide bonds. The summed E-state index contributed by atoms with van der Waals surface area (Å²) in [6.07, 6.45) is 1.46. The summed E-state index contributed by atoms with van der Waals surface area (Å²) in [6.45, 7) is 0. The molecule has 3 nitrogen and oxygen atoms in total. The highest BCUT2D eigenvalue weighted by Crippen LogP contribution is 2.11. The van der Waals surface area contributed by atoms with Crippen molar-refractivity contribution in [1.82, 2.24) is 0 Å². The second kappa shape index (κ2) is 4.01.